The van der Waals surface area contributed by atoms with Crippen molar-refractivity contribution in [1.29, 1.82) is 0 Å². The lowest BCUT2D eigenvalue weighted by atomic mass is 9.40. The number of halogens is 1. The van der Waals surface area contributed by atoms with E-state index in [9.17, 15) is 9.59 Å². The van der Waals surface area contributed by atoms with E-state index in [-0.39, 0.29) is 23.1 Å². The van der Waals surface area contributed by atoms with Gasteiger partial charge in [-0.3, -0.25) is 14.5 Å². The summed E-state index contributed by atoms with van der Waals surface area (Å²) >= 11 is 6.59. The Morgan fingerprint density at radius 3 is 2.33 bits per heavy atom. The van der Waals surface area contributed by atoms with Crippen LogP contribution in [0, 0.1) is 23.2 Å². The topological polar surface area (TPSA) is 102 Å². The summed E-state index contributed by atoms with van der Waals surface area (Å²) in [7, 11) is 1.70. The summed E-state index contributed by atoms with van der Waals surface area (Å²) in [5, 5.41) is 10.1. The van der Waals surface area contributed by atoms with E-state index in [1.54, 1.807) is 13.2 Å². The van der Waals surface area contributed by atoms with Gasteiger partial charge >= 0.3 is 0 Å². The third-order valence-electron chi connectivity index (χ3n) is 11.2. The van der Waals surface area contributed by atoms with Gasteiger partial charge in [-0.1, -0.05) is 44.7 Å². The fourth-order valence-corrected chi connectivity index (χ4v) is 8.59. The van der Waals surface area contributed by atoms with E-state index >= 15 is 0 Å². The van der Waals surface area contributed by atoms with E-state index in [0.717, 1.165) is 44.7 Å². The van der Waals surface area contributed by atoms with Crippen molar-refractivity contribution in [2.24, 2.45) is 23.2 Å². The highest BCUT2D eigenvalue weighted by molar-refractivity contribution is 6.32. The lowest BCUT2D eigenvalue weighted by molar-refractivity contribution is -0.155. The number of benzene rings is 1. The highest BCUT2D eigenvalue weighted by Crippen LogP contribution is 2.65. The maximum atomic E-state index is 13.2. The monoisotopic (exact) mass is 607 g/mol. The highest BCUT2D eigenvalue weighted by atomic mass is 35.5. The minimum absolute atomic E-state index is 0.0458. The van der Waals surface area contributed by atoms with Gasteiger partial charge in [-0.2, -0.15) is 4.98 Å². The molecule has 4 aliphatic carbocycles. The van der Waals surface area contributed by atoms with Crippen molar-refractivity contribution >= 4 is 40.9 Å². The Morgan fingerprint density at radius 1 is 0.977 bits per heavy atom. The van der Waals surface area contributed by atoms with Crippen LogP contribution in [0.3, 0.4) is 0 Å². The smallest absolute Gasteiger partial charge is 0.253 e. The molecule has 232 valence electrons. The summed E-state index contributed by atoms with van der Waals surface area (Å²) in [6.45, 7) is 10.2. The van der Waals surface area contributed by atoms with Crippen molar-refractivity contribution in [1.82, 2.24) is 25.1 Å². The number of hydrogen-bond acceptors (Lipinski definition) is 7. The number of aromatic nitrogens is 2. The lowest BCUT2D eigenvalue weighted by Crippen LogP contribution is -2.69. The maximum absolute atomic E-state index is 13.2. The Hall–Kier alpha value is -2.91. The highest BCUT2D eigenvalue weighted by Gasteiger charge is 2.64. The van der Waals surface area contributed by atoms with Crippen LogP contribution in [0.15, 0.2) is 30.5 Å². The molecule has 5 fully saturated rings. The van der Waals surface area contributed by atoms with Crippen molar-refractivity contribution in [2.75, 3.05) is 43.9 Å². The van der Waals surface area contributed by atoms with Crippen LogP contribution >= 0.6 is 11.6 Å². The van der Waals surface area contributed by atoms with Gasteiger partial charge < -0.3 is 20.9 Å². The first-order valence-electron chi connectivity index (χ1n) is 16.0. The fourth-order valence-electron chi connectivity index (χ4n) is 8.45. The van der Waals surface area contributed by atoms with Crippen LogP contribution in [-0.2, 0) is 4.79 Å². The average molecular weight is 608 g/mol. The van der Waals surface area contributed by atoms with Gasteiger partial charge in [-0.15, -0.1) is 0 Å². The number of nitrogens with zero attached hydrogens (tertiary/aromatic N) is 4. The van der Waals surface area contributed by atoms with E-state index in [1.165, 1.54) is 32.1 Å². The van der Waals surface area contributed by atoms with Crippen LogP contribution in [-0.4, -0.2) is 76.4 Å². The molecule has 2 aromatic rings. The van der Waals surface area contributed by atoms with Crippen LogP contribution in [0.1, 0.15) is 76.1 Å². The second kappa shape index (κ2) is 11.9. The normalized spacial score (nSPS) is 29.0. The Labute approximate surface area is 260 Å². The molecule has 4 saturated carbocycles. The number of carbonyl (C=O) groups excluding carboxylic acids is 2. The summed E-state index contributed by atoms with van der Waals surface area (Å²) in [5.41, 5.74) is 1.09. The van der Waals surface area contributed by atoms with E-state index in [1.807, 2.05) is 29.2 Å². The number of fused-ring (bicyclic) bond motifs is 2. The van der Waals surface area contributed by atoms with Crippen LogP contribution in [0.4, 0.5) is 17.5 Å². The molecular formula is C33H46ClN7O2. The number of anilines is 3. The minimum Gasteiger partial charge on any atom is -0.362 e. The molecule has 2 heterocycles. The van der Waals surface area contributed by atoms with Gasteiger partial charge in [-0.05, 0) is 74.1 Å². The largest absolute Gasteiger partial charge is 0.362 e. The molecule has 1 aromatic heterocycles. The molecule has 4 atom stereocenters. The molecule has 0 unspecified atom stereocenters. The molecule has 0 radical (unpaired) electrons. The fraction of sp³-hybridized carbons (Fsp3) is 0.636. The van der Waals surface area contributed by atoms with E-state index in [0.29, 0.717) is 40.2 Å². The number of piperazine rings is 1. The van der Waals surface area contributed by atoms with Gasteiger partial charge in [0.1, 0.15) is 5.02 Å². The summed E-state index contributed by atoms with van der Waals surface area (Å²) in [6, 6.07) is 8.19. The van der Waals surface area contributed by atoms with Crippen LogP contribution < -0.4 is 16.0 Å². The zero-order chi connectivity index (χ0) is 30.4. The summed E-state index contributed by atoms with van der Waals surface area (Å²) in [4.78, 5) is 39.9. The SMILES string of the molecule is CNC(=O)[C@H]1C[C@@H]2C[C@H](C2(C)C)[C@@]1(C)Nc1nc(Nc2ccc(C(=O)N3CCN(C4CCCCC4)CC3)cc2)ncc1Cl. The van der Waals surface area contributed by atoms with E-state index in [4.69, 9.17) is 16.6 Å². The molecular weight excluding hydrogens is 562 g/mol. The average Bonchev–Trinajstić information content (AvgIpc) is 3.02. The van der Waals surface area contributed by atoms with Crippen LogP contribution in [0.25, 0.3) is 0 Å². The van der Waals surface area contributed by atoms with Crippen LogP contribution in [0.2, 0.25) is 5.02 Å². The van der Waals surface area contributed by atoms with Crippen molar-refractivity contribution in [2.45, 2.75) is 77.3 Å². The maximum Gasteiger partial charge on any atom is 0.253 e. The molecule has 2 amide bonds. The molecule has 2 bridgehead atoms. The molecule has 1 saturated heterocycles. The van der Waals surface area contributed by atoms with Gasteiger partial charge in [0.05, 0.1) is 17.7 Å². The molecule has 1 aromatic carbocycles. The number of rotatable bonds is 7. The van der Waals surface area contributed by atoms with Crippen molar-refractivity contribution in [3.63, 3.8) is 0 Å². The molecule has 1 aliphatic heterocycles. The molecule has 3 N–H and O–H groups in total. The van der Waals surface area contributed by atoms with Gasteiger partial charge in [0.25, 0.3) is 5.91 Å². The standard InChI is InChI=1S/C33H46ClN7O2/c1-32(2)22-18-25(29(42)35-4)33(3,27(32)19-22)39-28-26(34)20-36-31(38-28)37-23-12-10-21(11-13-23)30(43)41-16-14-40(15-17-41)24-8-6-5-7-9-24/h10-13,20,22,24-25,27H,5-9,14-19H2,1-4H3,(H,35,42)(H2,36,37,38,39)/t22-,25-,27-,33+/m1/s1. The zero-order valence-corrected chi connectivity index (χ0v) is 26.7. The summed E-state index contributed by atoms with van der Waals surface area (Å²) in [6.07, 6.45) is 10.1. The second-order valence-corrected chi connectivity index (χ2v) is 14.2. The third-order valence-corrected chi connectivity index (χ3v) is 11.5. The lowest BCUT2D eigenvalue weighted by Gasteiger charge is -2.66. The number of nitrogens with one attached hydrogen (secondary N) is 3. The number of hydrogen-bond donors (Lipinski definition) is 3. The van der Waals surface area contributed by atoms with Gasteiger partial charge in [0, 0.05) is 50.5 Å². The minimum atomic E-state index is -0.502. The van der Waals surface area contributed by atoms with Crippen LogP contribution in [0.5, 0.6) is 0 Å². The quantitative estimate of drug-likeness (QED) is 0.378. The van der Waals surface area contributed by atoms with Crippen molar-refractivity contribution in [3.05, 3.63) is 41.0 Å². The Morgan fingerprint density at radius 2 is 1.67 bits per heavy atom. The summed E-state index contributed by atoms with van der Waals surface area (Å²) in [5.74, 6) is 1.69. The summed E-state index contributed by atoms with van der Waals surface area (Å²) < 4.78 is 0. The number of amides is 2. The Bertz CT molecular complexity index is 1340. The molecule has 0 spiro atoms. The first kappa shape index (κ1) is 30.1. The van der Waals surface area contributed by atoms with Crippen molar-refractivity contribution in [3.8, 4) is 0 Å². The Balaban J connectivity index is 1.11. The van der Waals surface area contributed by atoms with Gasteiger partial charge in [-0.25, -0.2) is 4.98 Å². The molecule has 43 heavy (non-hydrogen) atoms. The number of carbonyl (C=O) groups is 2. The zero-order valence-electron chi connectivity index (χ0n) is 26.0. The van der Waals surface area contributed by atoms with Crippen molar-refractivity contribution < 1.29 is 9.59 Å². The third kappa shape index (κ3) is 5.70. The predicted molar refractivity (Wildman–Crippen MR) is 171 cm³/mol. The Kier molecular flexibility index (Phi) is 8.33. The molecule has 7 rings (SSSR count). The molecule has 9 nitrogen and oxygen atoms in total. The first-order valence-corrected chi connectivity index (χ1v) is 16.4. The first-order chi connectivity index (χ1) is 20.6. The second-order valence-electron chi connectivity index (χ2n) is 13.8. The van der Waals surface area contributed by atoms with Gasteiger partial charge in [0.15, 0.2) is 5.82 Å². The predicted octanol–water partition coefficient (Wildman–Crippen LogP) is 5.56. The van der Waals surface area contributed by atoms with E-state index in [2.05, 4.69) is 46.6 Å². The molecule has 10 heteroatoms. The molecule has 5 aliphatic rings. The van der Waals surface area contributed by atoms with Gasteiger partial charge in [0.2, 0.25) is 11.9 Å². The van der Waals surface area contributed by atoms with E-state index < -0.39 is 5.54 Å².